The Morgan fingerprint density at radius 3 is 2.41 bits per heavy atom. The Labute approximate surface area is 117 Å². The van der Waals surface area contributed by atoms with Crippen molar-refractivity contribution in [3.63, 3.8) is 0 Å². The second kappa shape index (κ2) is 5.38. The molecule has 0 bridgehead atoms. The van der Waals surface area contributed by atoms with Gasteiger partial charge in [0.2, 0.25) is 0 Å². The highest BCUT2D eigenvalue weighted by Gasteiger charge is 2.26. The molecule has 1 aliphatic rings. The lowest BCUT2D eigenvalue weighted by Gasteiger charge is -2.35. The lowest BCUT2D eigenvalue weighted by atomic mass is 9.91. The molecule has 1 heterocycles. The first-order valence-corrected chi connectivity index (χ1v) is 7.19. The van der Waals surface area contributed by atoms with Crippen LogP contribution in [0.15, 0.2) is 24.3 Å². The summed E-state index contributed by atoms with van der Waals surface area (Å²) in [5.74, 6) is 1.42. The van der Waals surface area contributed by atoms with E-state index < -0.39 is 0 Å². The number of amides is 1. The molecule has 3 heteroatoms. The maximum Gasteiger partial charge on any atom is 0.254 e. The molecule has 0 radical (unpaired) electrons. The number of piperidine rings is 1. The molecular formula is C14H18INO. The second-order valence-electron chi connectivity index (χ2n) is 5.14. The smallest absolute Gasteiger partial charge is 0.254 e. The Kier molecular flexibility index (Phi) is 4.07. The van der Waals surface area contributed by atoms with Crippen LogP contribution < -0.4 is 0 Å². The number of rotatable bonds is 1. The highest BCUT2D eigenvalue weighted by atomic mass is 127. The van der Waals surface area contributed by atoms with Gasteiger partial charge < -0.3 is 4.90 Å². The van der Waals surface area contributed by atoms with Gasteiger partial charge in [-0.3, -0.25) is 4.79 Å². The molecule has 0 unspecified atom stereocenters. The zero-order chi connectivity index (χ0) is 12.4. The zero-order valence-electron chi connectivity index (χ0n) is 10.3. The topological polar surface area (TPSA) is 20.3 Å². The molecule has 1 aromatic carbocycles. The number of benzene rings is 1. The summed E-state index contributed by atoms with van der Waals surface area (Å²) in [4.78, 5) is 14.4. The van der Waals surface area contributed by atoms with Gasteiger partial charge in [-0.15, -0.1) is 0 Å². The van der Waals surface area contributed by atoms with Crippen molar-refractivity contribution in [2.45, 2.75) is 20.3 Å². The van der Waals surface area contributed by atoms with E-state index in [0.717, 1.165) is 22.2 Å². The van der Waals surface area contributed by atoms with Gasteiger partial charge in [-0.05, 0) is 53.0 Å². The minimum Gasteiger partial charge on any atom is -0.338 e. The zero-order valence-corrected chi connectivity index (χ0v) is 12.5. The van der Waals surface area contributed by atoms with Crippen molar-refractivity contribution >= 4 is 28.5 Å². The van der Waals surface area contributed by atoms with E-state index in [-0.39, 0.29) is 5.91 Å². The predicted molar refractivity (Wildman–Crippen MR) is 78.0 cm³/mol. The molecule has 0 aromatic heterocycles. The number of hydrogen-bond donors (Lipinski definition) is 0. The minimum absolute atomic E-state index is 0.188. The molecule has 2 atom stereocenters. The van der Waals surface area contributed by atoms with Crippen molar-refractivity contribution in [2.75, 3.05) is 13.1 Å². The molecular weight excluding hydrogens is 325 g/mol. The summed E-state index contributed by atoms with van der Waals surface area (Å²) in [5, 5.41) is 0. The fourth-order valence-corrected chi connectivity index (χ4v) is 3.25. The Morgan fingerprint density at radius 1 is 1.24 bits per heavy atom. The summed E-state index contributed by atoms with van der Waals surface area (Å²) < 4.78 is 1.04. The van der Waals surface area contributed by atoms with Gasteiger partial charge in [-0.2, -0.15) is 0 Å². The summed E-state index contributed by atoms with van der Waals surface area (Å²) in [5.41, 5.74) is 0.842. The molecule has 0 aliphatic carbocycles. The van der Waals surface area contributed by atoms with Gasteiger partial charge in [0.25, 0.3) is 5.91 Å². The Morgan fingerprint density at radius 2 is 1.82 bits per heavy atom. The third kappa shape index (κ3) is 3.00. The molecule has 2 nitrogen and oxygen atoms in total. The van der Waals surface area contributed by atoms with E-state index >= 15 is 0 Å². The van der Waals surface area contributed by atoms with Gasteiger partial charge in [-0.25, -0.2) is 0 Å². The van der Waals surface area contributed by atoms with Gasteiger partial charge in [0.15, 0.2) is 0 Å². The quantitative estimate of drug-likeness (QED) is 0.716. The summed E-state index contributed by atoms with van der Waals surface area (Å²) >= 11 is 2.23. The fraction of sp³-hybridized carbons (Fsp3) is 0.500. The number of halogens is 1. The maximum atomic E-state index is 12.4. The standard InChI is InChI=1S/C14H18INO/c1-10-7-11(2)9-16(8-10)14(17)12-5-3-4-6-13(12)15/h3-6,10-11H,7-9H2,1-2H3/t10-,11-/m1/s1. The van der Waals surface area contributed by atoms with Crippen LogP contribution in [0.2, 0.25) is 0 Å². The molecule has 92 valence electrons. The first-order valence-electron chi connectivity index (χ1n) is 6.11. The predicted octanol–water partition coefficient (Wildman–Crippen LogP) is 3.41. The highest BCUT2D eigenvalue weighted by Crippen LogP contribution is 2.23. The fourth-order valence-electron chi connectivity index (χ4n) is 2.63. The first kappa shape index (κ1) is 12.9. The van der Waals surface area contributed by atoms with Crippen LogP contribution in [-0.4, -0.2) is 23.9 Å². The van der Waals surface area contributed by atoms with Crippen LogP contribution in [0.4, 0.5) is 0 Å². The van der Waals surface area contributed by atoms with Gasteiger partial charge in [-0.1, -0.05) is 26.0 Å². The van der Waals surface area contributed by atoms with Crippen molar-refractivity contribution in [1.29, 1.82) is 0 Å². The average molecular weight is 343 g/mol. The minimum atomic E-state index is 0.188. The van der Waals surface area contributed by atoms with Crippen LogP contribution in [0, 0.1) is 15.4 Å². The van der Waals surface area contributed by atoms with Gasteiger partial charge >= 0.3 is 0 Å². The van der Waals surface area contributed by atoms with E-state index in [2.05, 4.69) is 36.4 Å². The lowest BCUT2D eigenvalue weighted by molar-refractivity contribution is 0.0622. The van der Waals surface area contributed by atoms with Crippen LogP contribution in [0.3, 0.4) is 0 Å². The molecule has 1 amide bonds. The van der Waals surface area contributed by atoms with Crippen molar-refractivity contribution < 1.29 is 4.79 Å². The Hall–Kier alpha value is -0.580. The summed E-state index contributed by atoms with van der Waals surface area (Å²) in [6.45, 7) is 6.25. The molecule has 0 N–H and O–H groups in total. The van der Waals surface area contributed by atoms with Crippen molar-refractivity contribution in [2.24, 2.45) is 11.8 Å². The normalized spacial score (nSPS) is 24.8. The third-order valence-corrected chi connectivity index (χ3v) is 4.20. The molecule has 1 fully saturated rings. The van der Waals surface area contributed by atoms with E-state index in [1.165, 1.54) is 6.42 Å². The van der Waals surface area contributed by atoms with E-state index in [4.69, 9.17) is 0 Å². The number of carbonyl (C=O) groups is 1. The molecule has 1 aromatic rings. The SMILES string of the molecule is C[C@@H]1C[C@@H](C)CN(C(=O)c2ccccc2I)C1. The summed E-state index contributed by atoms with van der Waals surface area (Å²) in [6, 6.07) is 7.82. The van der Waals surface area contributed by atoms with Crippen molar-refractivity contribution in [1.82, 2.24) is 4.90 Å². The summed E-state index contributed by atoms with van der Waals surface area (Å²) in [6.07, 6.45) is 1.23. The van der Waals surface area contributed by atoms with Gasteiger partial charge in [0.1, 0.15) is 0 Å². The van der Waals surface area contributed by atoms with Crippen LogP contribution in [0.25, 0.3) is 0 Å². The Balaban J connectivity index is 2.17. The molecule has 1 aliphatic heterocycles. The number of likely N-dealkylation sites (tertiary alicyclic amines) is 1. The highest BCUT2D eigenvalue weighted by molar-refractivity contribution is 14.1. The van der Waals surface area contributed by atoms with Gasteiger partial charge in [0.05, 0.1) is 5.56 Å². The molecule has 0 spiro atoms. The lowest BCUT2D eigenvalue weighted by Crippen LogP contribution is -2.42. The summed E-state index contributed by atoms with van der Waals surface area (Å²) in [7, 11) is 0. The van der Waals surface area contributed by atoms with E-state index in [0.29, 0.717) is 11.8 Å². The first-order chi connectivity index (χ1) is 8.08. The number of nitrogens with zero attached hydrogens (tertiary/aromatic N) is 1. The van der Waals surface area contributed by atoms with E-state index in [1.807, 2.05) is 29.2 Å². The van der Waals surface area contributed by atoms with Crippen molar-refractivity contribution in [3.05, 3.63) is 33.4 Å². The van der Waals surface area contributed by atoms with E-state index in [9.17, 15) is 4.79 Å². The third-order valence-electron chi connectivity index (χ3n) is 3.26. The average Bonchev–Trinajstić information content (AvgIpc) is 2.27. The van der Waals surface area contributed by atoms with Crippen LogP contribution in [-0.2, 0) is 0 Å². The maximum absolute atomic E-state index is 12.4. The van der Waals surface area contributed by atoms with Crippen LogP contribution >= 0.6 is 22.6 Å². The largest absolute Gasteiger partial charge is 0.338 e. The van der Waals surface area contributed by atoms with Crippen molar-refractivity contribution in [3.8, 4) is 0 Å². The van der Waals surface area contributed by atoms with Crippen LogP contribution in [0.5, 0.6) is 0 Å². The molecule has 0 saturated carbocycles. The second-order valence-corrected chi connectivity index (χ2v) is 6.30. The number of carbonyl (C=O) groups excluding carboxylic acids is 1. The Bertz CT molecular complexity index is 408. The number of hydrogen-bond acceptors (Lipinski definition) is 1. The molecule has 2 rings (SSSR count). The monoisotopic (exact) mass is 343 g/mol. The molecule has 1 saturated heterocycles. The van der Waals surface area contributed by atoms with Gasteiger partial charge in [0, 0.05) is 16.7 Å². The van der Waals surface area contributed by atoms with Crippen LogP contribution in [0.1, 0.15) is 30.6 Å². The molecule has 17 heavy (non-hydrogen) atoms. The van der Waals surface area contributed by atoms with E-state index in [1.54, 1.807) is 0 Å².